The SMILES string of the molecule is CCOc1ccc(N2C(=S)NC(c3ccccn3)C2c2cccn2C)cc1. The predicted molar refractivity (Wildman–Crippen MR) is 111 cm³/mol. The van der Waals surface area contributed by atoms with Gasteiger partial charge in [-0.15, -0.1) is 0 Å². The van der Waals surface area contributed by atoms with Gasteiger partial charge in [0.1, 0.15) is 11.8 Å². The molecule has 0 radical (unpaired) electrons. The fourth-order valence-electron chi connectivity index (χ4n) is 3.58. The highest BCUT2D eigenvalue weighted by Gasteiger charge is 2.41. The maximum absolute atomic E-state index is 5.72. The van der Waals surface area contributed by atoms with E-state index in [1.807, 2.05) is 43.5 Å². The van der Waals surface area contributed by atoms with Crippen LogP contribution >= 0.6 is 12.2 Å². The number of aryl methyl sites for hydroxylation is 1. The van der Waals surface area contributed by atoms with Crippen LogP contribution in [0.3, 0.4) is 0 Å². The highest BCUT2D eigenvalue weighted by Crippen LogP contribution is 2.41. The average Bonchev–Trinajstić information content (AvgIpc) is 3.26. The number of benzene rings is 1. The fraction of sp³-hybridized carbons (Fsp3) is 0.238. The van der Waals surface area contributed by atoms with Gasteiger partial charge < -0.3 is 19.5 Å². The van der Waals surface area contributed by atoms with E-state index in [0.717, 1.165) is 17.1 Å². The molecule has 0 saturated carbocycles. The molecule has 1 aliphatic rings. The van der Waals surface area contributed by atoms with Crippen molar-refractivity contribution in [1.29, 1.82) is 0 Å². The Balaban J connectivity index is 1.77. The Labute approximate surface area is 164 Å². The van der Waals surface area contributed by atoms with Gasteiger partial charge in [0.25, 0.3) is 0 Å². The number of aromatic nitrogens is 2. The third kappa shape index (κ3) is 3.28. The first-order chi connectivity index (χ1) is 13.2. The van der Waals surface area contributed by atoms with E-state index in [1.165, 1.54) is 5.69 Å². The van der Waals surface area contributed by atoms with Crippen molar-refractivity contribution < 1.29 is 4.74 Å². The van der Waals surface area contributed by atoms with Crippen molar-refractivity contribution in [2.45, 2.75) is 19.0 Å². The summed E-state index contributed by atoms with van der Waals surface area (Å²) < 4.78 is 7.71. The summed E-state index contributed by atoms with van der Waals surface area (Å²) in [6.45, 7) is 2.63. The van der Waals surface area contributed by atoms with Crippen LogP contribution in [0, 0.1) is 0 Å². The number of ether oxygens (including phenoxy) is 1. The van der Waals surface area contributed by atoms with Gasteiger partial charge in [-0.3, -0.25) is 4.98 Å². The molecule has 0 bridgehead atoms. The third-order valence-electron chi connectivity index (χ3n) is 4.81. The molecule has 1 aliphatic heterocycles. The Morgan fingerprint density at radius 3 is 2.56 bits per heavy atom. The molecule has 2 aromatic heterocycles. The standard InChI is InChI=1S/C21H22N4OS/c1-3-26-16-11-9-15(10-12-16)25-20(18-8-6-14-24(18)2)19(23-21(25)27)17-7-4-5-13-22-17/h4-14,19-20H,3H2,1-2H3,(H,23,27). The van der Waals surface area contributed by atoms with Crippen LogP contribution in [0.15, 0.2) is 67.0 Å². The summed E-state index contributed by atoms with van der Waals surface area (Å²) in [6.07, 6.45) is 3.88. The number of thiocarbonyl (C=S) groups is 1. The largest absolute Gasteiger partial charge is 0.494 e. The summed E-state index contributed by atoms with van der Waals surface area (Å²) in [5.41, 5.74) is 3.17. The quantitative estimate of drug-likeness (QED) is 0.680. The van der Waals surface area contributed by atoms with Gasteiger partial charge in [0.05, 0.1) is 18.3 Å². The summed E-state index contributed by atoms with van der Waals surface area (Å²) >= 11 is 5.72. The second-order valence-corrected chi connectivity index (χ2v) is 6.85. The van der Waals surface area contributed by atoms with Crippen molar-refractivity contribution >= 4 is 23.0 Å². The second-order valence-electron chi connectivity index (χ2n) is 6.47. The van der Waals surface area contributed by atoms with E-state index in [1.54, 1.807) is 0 Å². The van der Waals surface area contributed by atoms with Crippen LogP contribution in [0.5, 0.6) is 5.75 Å². The number of hydrogen-bond acceptors (Lipinski definition) is 3. The predicted octanol–water partition coefficient (Wildman–Crippen LogP) is 4.00. The van der Waals surface area contributed by atoms with Gasteiger partial charge in [0.15, 0.2) is 5.11 Å². The molecule has 5 nitrogen and oxygen atoms in total. The summed E-state index contributed by atoms with van der Waals surface area (Å²) in [4.78, 5) is 6.74. The lowest BCUT2D eigenvalue weighted by atomic mass is 10.0. The summed E-state index contributed by atoms with van der Waals surface area (Å²) in [7, 11) is 2.06. The number of hydrogen-bond donors (Lipinski definition) is 1. The lowest BCUT2D eigenvalue weighted by molar-refractivity contribution is 0.340. The molecule has 138 valence electrons. The van der Waals surface area contributed by atoms with Gasteiger partial charge in [0.2, 0.25) is 0 Å². The molecule has 1 saturated heterocycles. The molecular formula is C21H22N4OS. The average molecular weight is 379 g/mol. The van der Waals surface area contributed by atoms with Crippen molar-refractivity contribution in [3.05, 3.63) is 78.4 Å². The molecule has 1 aromatic carbocycles. The number of nitrogens with one attached hydrogen (secondary N) is 1. The second kappa shape index (κ2) is 7.40. The zero-order valence-electron chi connectivity index (χ0n) is 15.4. The number of rotatable bonds is 5. The van der Waals surface area contributed by atoms with E-state index in [4.69, 9.17) is 17.0 Å². The minimum Gasteiger partial charge on any atom is -0.494 e. The lowest BCUT2D eigenvalue weighted by Crippen LogP contribution is -2.30. The van der Waals surface area contributed by atoms with Crippen molar-refractivity contribution in [3.8, 4) is 5.75 Å². The van der Waals surface area contributed by atoms with Gasteiger partial charge in [0, 0.05) is 30.8 Å². The normalized spacial score (nSPS) is 19.2. The highest BCUT2D eigenvalue weighted by atomic mass is 32.1. The zero-order chi connectivity index (χ0) is 18.8. The smallest absolute Gasteiger partial charge is 0.174 e. The highest BCUT2D eigenvalue weighted by molar-refractivity contribution is 7.80. The minimum atomic E-state index is -0.0288. The number of anilines is 1. The van der Waals surface area contributed by atoms with Gasteiger partial charge in [-0.05, 0) is 67.7 Å². The van der Waals surface area contributed by atoms with Crippen LogP contribution in [0.25, 0.3) is 0 Å². The molecular weight excluding hydrogens is 356 g/mol. The maximum atomic E-state index is 5.72. The molecule has 1 fully saturated rings. The molecule has 2 unspecified atom stereocenters. The van der Waals surface area contributed by atoms with Crippen LogP contribution in [0.1, 0.15) is 30.4 Å². The molecule has 3 aromatic rings. The Morgan fingerprint density at radius 2 is 1.93 bits per heavy atom. The summed E-state index contributed by atoms with van der Waals surface area (Å²) in [5.74, 6) is 0.857. The van der Waals surface area contributed by atoms with E-state index in [-0.39, 0.29) is 12.1 Å². The molecule has 1 N–H and O–H groups in total. The van der Waals surface area contributed by atoms with Gasteiger partial charge in [-0.2, -0.15) is 0 Å². The van der Waals surface area contributed by atoms with Gasteiger partial charge in [-0.25, -0.2) is 0 Å². The minimum absolute atomic E-state index is 0.00495. The summed E-state index contributed by atoms with van der Waals surface area (Å²) in [6, 6.07) is 18.2. The van der Waals surface area contributed by atoms with Crippen LogP contribution in [-0.2, 0) is 7.05 Å². The van der Waals surface area contributed by atoms with Crippen LogP contribution in [0.4, 0.5) is 5.69 Å². The van der Waals surface area contributed by atoms with Crippen molar-refractivity contribution in [1.82, 2.24) is 14.9 Å². The van der Waals surface area contributed by atoms with Crippen LogP contribution in [0.2, 0.25) is 0 Å². The monoisotopic (exact) mass is 378 g/mol. The molecule has 0 spiro atoms. The first-order valence-electron chi connectivity index (χ1n) is 9.04. The first kappa shape index (κ1) is 17.5. The fourth-order valence-corrected chi connectivity index (χ4v) is 3.93. The van der Waals surface area contributed by atoms with E-state index in [9.17, 15) is 0 Å². The Hall–Kier alpha value is -2.86. The van der Waals surface area contributed by atoms with E-state index >= 15 is 0 Å². The van der Waals surface area contributed by atoms with E-state index in [2.05, 4.69) is 57.3 Å². The Morgan fingerprint density at radius 1 is 1.11 bits per heavy atom. The zero-order valence-corrected chi connectivity index (χ0v) is 16.2. The maximum Gasteiger partial charge on any atom is 0.174 e. The number of pyridine rings is 1. The Bertz CT molecular complexity index is 923. The van der Waals surface area contributed by atoms with Gasteiger partial charge >= 0.3 is 0 Å². The molecule has 4 rings (SSSR count). The van der Waals surface area contributed by atoms with E-state index in [0.29, 0.717) is 11.7 Å². The summed E-state index contributed by atoms with van der Waals surface area (Å²) in [5, 5.41) is 4.17. The third-order valence-corrected chi connectivity index (χ3v) is 5.13. The molecule has 2 atom stereocenters. The Kier molecular flexibility index (Phi) is 4.81. The molecule has 0 amide bonds. The van der Waals surface area contributed by atoms with Crippen molar-refractivity contribution in [3.63, 3.8) is 0 Å². The molecule has 6 heteroatoms. The molecule has 27 heavy (non-hydrogen) atoms. The molecule has 3 heterocycles. The number of nitrogens with zero attached hydrogens (tertiary/aromatic N) is 3. The van der Waals surface area contributed by atoms with Crippen molar-refractivity contribution in [2.24, 2.45) is 7.05 Å². The van der Waals surface area contributed by atoms with Crippen LogP contribution < -0.4 is 15.0 Å². The van der Waals surface area contributed by atoms with Crippen LogP contribution in [-0.4, -0.2) is 21.3 Å². The van der Waals surface area contributed by atoms with E-state index < -0.39 is 0 Å². The molecule has 0 aliphatic carbocycles. The lowest BCUT2D eigenvalue weighted by Gasteiger charge is -2.28. The first-order valence-corrected chi connectivity index (χ1v) is 9.44. The van der Waals surface area contributed by atoms with Crippen molar-refractivity contribution in [2.75, 3.05) is 11.5 Å². The van der Waals surface area contributed by atoms with Gasteiger partial charge in [-0.1, -0.05) is 6.07 Å². The topological polar surface area (TPSA) is 42.3 Å².